The minimum absolute atomic E-state index is 0.0405. The van der Waals surface area contributed by atoms with Crippen molar-refractivity contribution >= 4 is 27.6 Å². The number of likely N-dealkylation sites (N-methyl/N-ethyl adjacent to an activating group) is 1. The Kier molecular flexibility index (Phi) is 9.10. The van der Waals surface area contributed by atoms with Gasteiger partial charge in [-0.3, -0.25) is 0 Å². The van der Waals surface area contributed by atoms with E-state index < -0.39 is 16.0 Å². The number of halogens is 1. The predicted molar refractivity (Wildman–Crippen MR) is 117 cm³/mol. The van der Waals surface area contributed by atoms with Gasteiger partial charge in [0.2, 0.25) is 10.0 Å². The van der Waals surface area contributed by atoms with Crippen LogP contribution >= 0.6 is 11.6 Å². The highest BCUT2D eigenvalue weighted by Gasteiger charge is 2.20. The molecule has 0 fully saturated rings. The second-order valence-electron chi connectivity index (χ2n) is 6.44. The molecule has 0 spiro atoms. The standard InChI is InChI=1S/C21H27ClN2O5S/c1-4-24(5-2)12-13-29-19-9-7-6-8-17(19)15-23-30(26,27)20-11-10-16(14-18(20)22)21(25)28-3/h6-11,14,23H,4-5,12-13,15H2,1-3H3. The van der Waals surface area contributed by atoms with E-state index in [4.69, 9.17) is 16.3 Å². The molecule has 30 heavy (non-hydrogen) atoms. The van der Waals surface area contributed by atoms with E-state index in [1.54, 1.807) is 6.07 Å². The van der Waals surface area contributed by atoms with Crippen molar-refractivity contribution in [2.24, 2.45) is 0 Å². The molecule has 0 amide bonds. The molecule has 7 nitrogen and oxygen atoms in total. The van der Waals surface area contributed by atoms with Crippen molar-refractivity contribution in [2.75, 3.05) is 33.4 Å². The summed E-state index contributed by atoms with van der Waals surface area (Å²) in [5.74, 6) is 0.0316. The highest BCUT2D eigenvalue weighted by atomic mass is 35.5. The van der Waals surface area contributed by atoms with Crippen LogP contribution in [0, 0.1) is 0 Å². The summed E-state index contributed by atoms with van der Waals surface area (Å²) in [6, 6.07) is 11.2. The van der Waals surface area contributed by atoms with Crippen LogP contribution in [0.15, 0.2) is 47.4 Å². The summed E-state index contributed by atoms with van der Waals surface area (Å²) in [6.45, 7) is 7.40. The van der Waals surface area contributed by atoms with Crippen molar-refractivity contribution in [3.63, 3.8) is 0 Å². The van der Waals surface area contributed by atoms with E-state index in [0.29, 0.717) is 17.9 Å². The number of carbonyl (C=O) groups is 1. The molecule has 2 rings (SSSR count). The fourth-order valence-corrected chi connectivity index (χ4v) is 4.38. The molecule has 0 saturated heterocycles. The van der Waals surface area contributed by atoms with E-state index in [2.05, 4.69) is 28.2 Å². The Balaban J connectivity index is 2.08. The highest BCUT2D eigenvalue weighted by molar-refractivity contribution is 7.89. The molecular weight excluding hydrogens is 428 g/mol. The molecule has 0 aliphatic carbocycles. The summed E-state index contributed by atoms with van der Waals surface area (Å²) in [5.41, 5.74) is 0.885. The fourth-order valence-electron chi connectivity index (χ4n) is 2.83. The first kappa shape index (κ1) is 24.1. The third-order valence-corrected chi connectivity index (χ3v) is 6.51. The maximum Gasteiger partial charge on any atom is 0.337 e. The Morgan fingerprint density at radius 2 is 1.83 bits per heavy atom. The number of carbonyl (C=O) groups excluding carboxylic acids is 1. The molecule has 0 aliphatic heterocycles. The van der Waals surface area contributed by atoms with Gasteiger partial charge in [-0.2, -0.15) is 0 Å². The number of hydrogen-bond acceptors (Lipinski definition) is 6. The van der Waals surface area contributed by atoms with E-state index in [1.807, 2.05) is 18.2 Å². The minimum Gasteiger partial charge on any atom is -0.492 e. The molecule has 0 aliphatic rings. The zero-order chi connectivity index (χ0) is 22.1. The van der Waals surface area contributed by atoms with E-state index in [1.165, 1.54) is 25.3 Å². The monoisotopic (exact) mass is 454 g/mol. The molecule has 0 atom stereocenters. The van der Waals surface area contributed by atoms with Crippen molar-refractivity contribution in [1.29, 1.82) is 0 Å². The molecule has 1 N–H and O–H groups in total. The first-order valence-electron chi connectivity index (χ1n) is 9.63. The van der Waals surface area contributed by atoms with E-state index >= 15 is 0 Å². The Bertz CT molecular complexity index is 962. The Hall–Kier alpha value is -2.13. The van der Waals surface area contributed by atoms with Crippen LogP contribution in [-0.2, 0) is 21.3 Å². The molecule has 0 radical (unpaired) electrons. The summed E-state index contributed by atoms with van der Waals surface area (Å²) in [6.07, 6.45) is 0. The molecule has 0 heterocycles. The molecule has 0 aromatic heterocycles. The Morgan fingerprint density at radius 1 is 1.13 bits per heavy atom. The molecule has 2 aromatic carbocycles. The third-order valence-electron chi connectivity index (χ3n) is 4.63. The van der Waals surface area contributed by atoms with Crippen molar-refractivity contribution < 1.29 is 22.7 Å². The number of nitrogens with zero attached hydrogens (tertiary/aromatic N) is 1. The van der Waals surface area contributed by atoms with Crippen LogP contribution in [0.25, 0.3) is 0 Å². The number of hydrogen-bond donors (Lipinski definition) is 1. The van der Waals surface area contributed by atoms with Crippen molar-refractivity contribution in [3.05, 3.63) is 58.6 Å². The summed E-state index contributed by atoms with van der Waals surface area (Å²) >= 11 is 6.10. The van der Waals surface area contributed by atoms with Gasteiger partial charge < -0.3 is 14.4 Å². The summed E-state index contributed by atoms with van der Waals surface area (Å²) in [4.78, 5) is 13.7. The van der Waals surface area contributed by atoms with Crippen LogP contribution < -0.4 is 9.46 Å². The lowest BCUT2D eigenvalue weighted by Gasteiger charge is -2.19. The van der Waals surface area contributed by atoms with Gasteiger partial charge in [0, 0.05) is 18.7 Å². The van der Waals surface area contributed by atoms with Crippen LogP contribution in [0.5, 0.6) is 5.75 Å². The molecular formula is C21H27ClN2O5S. The van der Waals surface area contributed by atoms with E-state index in [-0.39, 0.29) is 22.0 Å². The number of benzene rings is 2. The lowest BCUT2D eigenvalue weighted by atomic mass is 10.2. The summed E-state index contributed by atoms with van der Waals surface area (Å²) in [7, 11) is -2.65. The van der Waals surface area contributed by atoms with Gasteiger partial charge in [0.05, 0.1) is 17.7 Å². The SMILES string of the molecule is CCN(CC)CCOc1ccccc1CNS(=O)(=O)c1ccc(C(=O)OC)cc1Cl. The molecule has 2 aromatic rings. The number of nitrogens with one attached hydrogen (secondary N) is 1. The number of rotatable bonds is 11. The molecule has 0 bridgehead atoms. The molecule has 164 valence electrons. The third kappa shape index (κ3) is 6.43. The maximum absolute atomic E-state index is 12.7. The second-order valence-corrected chi connectivity index (χ2v) is 8.59. The van der Waals surface area contributed by atoms with Crippen molar-refractivity contribution in [3.8, 4) is 5.75 Å². The number of sulfonamides is 1. The summed E-state index contributed by atoms with van der Waals surface area (Å²) in [5, 5.41) is -0.0610. The summed E-state index contributed by atoms with van der Waals surface area (Å²) < 4.78 is 38.4. The molecule has 0 saturated carbocycles. The van der Waals surface area contributed by atoms with Crippen LogP contribution in [0.3, 0.4) is 0 Å². The zero-order valence-corrected chi connectivity index (χ0v) is 18.9. The average molecular weight is 455 g/mol. The second kappa shape index (κ2) is 11.3. The van der Waals surface area contributed by atoms with Gasteiger partial charge in [-0.05, 0) is 37.4 Å². The first-order valence-corrected chi connectivity index (χ1v) is 11.5. The predicted octanol–water partition coefficient (Wildman–Crippen LogP) is 3.33. The maximum atomic E-state index is 12.7. The quantitative estimate of drug-likeness (QED) is 0.524. The van der Waals surface area contributed by atoms with Crippen LogP contribution in [-0.4, -0.2) is 52.6 Å². The van der Waals surface area contributed by atoms with Crippen LogP contribution in [0.1, 0.15) is 29.8 Å². The van der Waals surface area contributed by atoms with Crippen molar-refractivity contribution in [2.45, 2.75) is 25.3 Å². The Morgan fingerprint density at radius 3 is 2.47 bits per heavy atom. The number of ether oxygens (including phenoxy) is 2. The van der Waals surface area contributed by atoms with Gasteiger partial charge in [-0.15, -0.1) is 0 Å². The zero-order valence-electron chi connectivity index (χ0n) is 17.4. The first-order chi connectivity index (χ1) is 14.3. The van der Waals surface area contributed by atoms with Gasteiger partial charge in [-0.25, -0.2) is 17.9 Å². The van der Waals surface area contributed by atoms with Gasteiger partial charge in [0.1, 0.15) is 17.3 Å². The number of methoxy groups -OCH3 is 1. The highest BCUT2D eigenvalue weighted by Crippen LogP contribution is 2.24. The smallest absolute Gasteiger partial charge is 0.337 e. The minimum atomic E-state index is -3.89. The normalized spacial score (nSPS) is 11.5. The van der Waals surface area contributed by atoms with Gasteiger partial charge in [0.15, 0.2) is 0 Å². The lowest BCUT2D eigenvalue weighted by Crippen LogP contribution is -2.28. The number of para-hydroxylation sites is 1. The van der Waals surface area contributed by atoms with Gasteiger partial charge >= 0.3 is 5.97 Å². The van der Waals surface area contributed by atoms with Gasteiger partial charge in [0.25, 0.3) is 0 Å². The van der Waals surface area contributed by atoms with Crippen molar-refractivity contribution in [1.82, 2.24) is 9.62 Å². The van der Waals surface area contributed by atoms with E-state index in [9.17, 15) is 13.2 Å². The number of esters is 1. The average Bonchev–Trinajstić information content (AvgIpc) is 2.75. The molecule has 0 unspecified atom stereocenters. The van der Waals surface area contributed by atoms with Crippen LogP contribution in [0.4, 0.5) is 0 Å². The largest absolute Gasteiger partial charge is 0.492 e. The fraction of sp³-hybridized carbons (Fsp3) is 0.381. The Labute approximate surface area is 183 Å². The van der Waals surface area contributed by atoms with Crippen LogP contribution in [0.2, 0.25) is 5.02 Å². The topological polar surface area (TPSA) is 84.9 Å². The molecule has 9 heteroatoms. The van der Waals surface area contributed by atoms with E-state index in [0.717, 1.165) is 19.6 Å². The van der Waals surface area contributed by atoms with Gasteiger partial charge in [-0.1, -0.05) is 43.6 Å². The lowest BCUT2D eigenvalue weighted by molar-refractivity contribution is 0.0600.